The highest BCUT2D eigenvalue weighted by Gasteiger charge is 2.30. The van der Waals surface area contributed by atoms with Crippen LogP contribution in [-0.2, 0) is 65.4 Å². The maximum atomic E-state index is 13.1. The molecule has 0 aromatic carbocycles. The van der Waals surface area contributed by atoms with Gasteiger partial charge in [0.25, 0.3) is 0 Å². The van der Waals surface area contributed by atoms with Gasteiger partial charge in [-0.25, -0.2) is 9.13 Å². The van der Waals surface area contributed by atoms with E-state index in [1.165, 1.54) is 205 Å². The largest absolute Gasteiger partial charge is 0.472 e. The number of phosphoric acid groups is 2. The van der Waals surface area contributed by atoms with Gasteiger partial charge in [-0.1, -0.05) is 344 Å². The van der Waals surface area contributed by atoms with Crippen LogP contribution in [0.3, 0.4) is 0 Å². The molecule has 19 heteroatoms. The van der Waals surface area contributed by atoms with Crippen molar-refractivity contribution >= 4 is 39.5 Å². The van der Waals surface area contributed by atoms with E-state index in [9.17, 15) is 43.2 Å². The van der Waals surface area contributed by atoms with Crippen molar-refractivity contribution in [2.24, 2.45) is 17.8 Å². The van der Waals surface area contributed by atoms with Gasteiger partial charge in [0.05, 0.1) is 26.4 Å². The van der Waals surface area contributed by atoms with Crippen molar-refractivity contribution in [3.63, 3.8) is 0 Å². The summed E-state index contributed by atoms with van der Waals surface area (Å²) < 4.78 is 68.6. The zero-order valence-corrected chi connectivity index (χ0v) is 64.6. The van der Waals surface area contributed by atoms with Gasteiger partial charge in [-0.15, -0.1) is 0 Å². The van der Waals surface area contributed by atoms with Crippen molar-refractivity contribution in [1.82, 2.24) is 0 Å². The number of hydrogen-bond donors (Lipinski definition) is 3. The molecule has 3 N–H and O–H groups in total. The van der Waals surface area contributed by atoms with E-state index in [1.807, 2.05) is 0 Å². The number of phosphoric ester groups is 2. The number of aliphatic hydroxyl groups excluding tert-OH is 1. The maximum Gasteiger partial charge on any atom is 0.472 e. The van der Waals surface area contributed by atoms with Crippen LogP contribution in [-0.4, -0.2) is 96.7 Å². The molecule has 0 radical (unpaired) electrons. The van der Waals surface area contributed by atoms with Gasteiger partial charge in [0.2, 0.25) is 0 Å². The number of unbranched alkanes of at least 4 members (excludes halogenated alkanes) is 42. The minimum Gasteiger partial charge on any atom is -0.462 e. The summed E-state index contributed by atoms with van der Waals surface area (Å²) in [7, 11) is -9.91. The van der Waals surface area contributed by atoms with Crippen molar-refractivity contribution in [2.45, 2.75) is 414 Å². The van der Waals surface area contributed by atoms with E-state index in [0.29, 0.717) is 25.7 Å². The second-order valence-corrected chi connectivity index (χ2v) is 31.8. The van der Waals surface area contributed by atoms with Gasteiger partial charge in [0.1, 0.15) is 19.3 Å². The van der Waals surface area contributed by atoms with Crippen LogP contribution in [0.1, 0.15) is 395 Å². The highest BCUT2D eigenvalue weighted by atomic mass is 31.2. The summed E-state index contributed by atoms with van der Waals surface area (Å²) in [6.45, 7) is 11.9. The Kier molecular flexibility index (Phi) is 66.2. The van der Waals surface area contributed by atoms with Crippen LogP contribution in [0, 0.1) is 17.8 Å². The molecule has 0 aliphatic rings. The summed E-state index contributed by atoms with van der Waals surface area (Å²) in [5.74, 6) is 0.192. The topological polar surface area (TPSA) is 237 Å². The minimum atomic E-state index is -4.96. The fourth-order valence-electron chi connectivity index (χ4n) is 11.7. The summed E-state index contributed by atoms with van der Waals surface area (Å²) >= 11 is 0. The molecule has 0 saturated carbocycles. The van der Waals surface area contributed by atoms with Crippen molar-refractivity contribution in [1.29, 1.82) is 0 Å². The fraction of sp³-hybridized carbons (Fsp3) is 0.948. The Hall–Kier alpha value is -1.94. The van der Waals surface area contributed by atoms with E-state index in [-0.39, 0.29) is 25.7 Å². The number of carbonyl (C=O) groups is 4. The van der Waals surface area contributed by atoms with E-state index < -0.39 is 97.5 Å². The average Bonchev–Trinajstić information content (AvgIpc) is 2.47. The molecule has 6 atom stereocenters. The van der Waals surface area contributed by atoms with Gasteiger partial charge in [0, 0.05) is 25.7 Å². The van der Waals surface area contributed by atoms with E-state index in [4.69, 9.17) is 37.0 Å². The molecule has 17 nitrogen and oxygen atoms in total. The molecule has 0 amide bonds. The van der Waals surface area contributed by atoms with E-state index in [1.54, 1.807) is 0 Å². The van der Waals surface area contributed by atoms with Crippen LogP contribution in [0.15, 0.2) is 0 Å². The lowest BCUT2D eigenvalue weighted by molar-refractivity contribution is -0.161. The van der Waals surface area contributed by atoms with Crippen LogP contribution in [0.5, 0.6) is 0 Å². The normalized spacial score (nSPS) is 14.3. The number of rotatable bonds is 75. The van der Waals surface area contributed by atoms with Crippen LogP contribution >= 0.6 is 15.6 Å². The lowest BCUT2D eigenvalue weighted by Gasteiger charge is -2.21. The summed E-state index contributed by atoms with van der Waals surface area (Å²) in [6, 6.07) is 0. The van der Waals surface area contributed by atoms with Crippen LogP contribution in [0.2, 0.25) is 0 Å². The molecule has 0 aromatic heterocycles. The molecule has 0 aromatic rings. The summed E-state index contributed by atoms with van der Waals surface area (Å²) in [5.41, 5.74) is 0. The summed E-state index contributed by atoms with van der Waals surface area (Å²) in [5, 5.41) is 10.6. The SMILES string of the molecule is CCCCCCCCCCCCCCCCCC(=O)OC[C@H](COP(=O)(O)OC[C@@H](O)COP(=O)(O)OC[C@@H](COC(=O)CCCCCCCCCCC(C)C)OC(=O)CCCCCCCCCCCC(C)C)OC(=O)CCCCCCCCCCCCCCCCC(C)CC. The standard InChI is InChI=1S/C77H150O17P2/c1-8-10-11-12-13-14-15-16-17-21-24-29-37-44-51-58-74(79)87-64-72(93-76(81)60-53-46-39-30-25-22-19-18-20-23-28-36-43-50-57-70(7)9-2)66-91-95(83,84)89-62-71(78)63-90-96(85,86)92-67-73(65-88-75(80)59-52-45-38-33-32-35-42-49-56-69(5)6)94-77(82)61-54-47-40-31-26-27-34-41-48-55-68(3)4/h68-73,78H,8-67H2,1-7H3,(H,83,84)(H,85,86)/t70?,71-,72-,73-/m1/s1. The molecule has 0 saturated heterocycles. The van der Waals surface area contributed by atoms with Gasteiger partial charge < -0.3 is 33.8 Å². The number of ether oxygens (including phenoxy) is 4. The third-order valence-corrected chi connectivity index (χ3v) is 20.1. The molecule has 0 aliphatic heterocycles. The minimum absolute atomic E-state index is 0.105. The molecule has 0 spiro atoms. The molecule has 96 heavy (non-hydrogen) atoms. The Morgan fingerprint density at radius 2 is 0.531 bits per heavy atom. The zero-order valence-electron chi connectivity index (χ0n) is 62.8. The number of carbonyl (C=O) groups excluding carboxylic acids is 4. The highest BCUT2D eigenvalue weighted by Crippen LogP contribution is 2.45. The average molecular weight is 1410 g/mol. The van der Waals surface area contributed by atoms with Crippen molar-refractivity contribution in [3.8, 4) is 0 Å². The Morgan fingerprint density at radius 3 is 0.792 bits per heavy atom. The monoisotopic (exact) mass is 1410 g/mol. The zero-order chi connectivity index (χ0) is 70.9. The smallest absolute Gasteiger partial charge is 0.462 e. The molecule has 0 rings (SSSR count). The highest BCUT2D eigenvalue weighted by molar-refractivity contribution is 7.47. The first kappa shape index (κ1) is 94.1. The van der Waals surface area contributed by atoms with Gasteiger partial charge in [-0.3, -0.25) is 37.3 Å². The predicted octanol–water partition coefficient (Wildman–Crippen LogP) is 22.6. The molecule has 0 aliphatic carbocycles. The predicted molar refractivity (Wildman–Crippen MR) is 391 cm³/mol. The molecule has 0 fully saturated rings. The summed E-state index contributed by atoms with van der Waals surface area (Å²) in [6.07, 6.45) is 54.0. The Balaban J connectivity index is 5.25. The first-order chi connectivity index (χ1) is 46.3. The molecular formula is C77H150O17P2. The number of esters is 4. The van der Waals surface area contributed by atoms with Crippen molar-refractivity contribution in [3.05, 3.63) is 0 Å². The Bertz CT molecular complexity index is 1870. The van der Waals surface area contributed by atoms with Crippen LogP contribution < -0.4 is 0 Å². The third kappa shape index (κ3) is 69.2. The molecular weight excluding hydrogens is 1260 g/mol. The molecule has 0 heterocycles. The maximum absolute atomic E-state index is 13.1. The van der Waals surface area contributed by atoms with Gasteiger partial charge in [0.15, 0.2) is 12.2 Å². The Labute approximate surface area is 588 Å². The molecule has 570 valence electrons. The second-order valence-electron chi connectivity index (χ2n) is 28.9. The first-order valence-electron chi connectivity index (χ1n) is 39.9. The molecule has 0 bridgehead atoms. The number of aliphatic hydroxyl groups is 1. The van der Waals surface area contributed by atoms with E-state index in [2.05, 4.69) is 48.5 Å². The Morgan fingerprint density at radius 1 is 0.302 bits per heavy atom. The summed E-state index contributed by atoms with van der Waals surface area (Å²) in [4.78, 5) is 72.9. The quantitative estimate of drug-likeness (QED) is 0.0222. The lowest BCUT2D eigenvalue weighted by atomic mass is 9.99. The lowest BCUT2D eigenvalue weighted by Crippen LogP contribution is -2.30. The first-order valence-corrected chi connectivity index (χ1v) is 42.9. The van der Waals surface area contributed by atoms with Gasteiger partial charge >= 0.3 is 39.5 Å². The van der Waals surface area contributed by atoms with Gasteiger partial charge in [-0.2, -0.15) is 0 Å². The van der Waals surface area contributed by atoms with Crippen molar-refractivity contribution < 1.29 is 80.2 Å². The number of hydrogen-bond acceptors (Lipinski definition) is 15. The third-order valence-electron chi connectivity index (χ3n) is 18.2. The van der Waals surface area contributed by atoms with Crippen LogP contribution in [0.4, 0.5) is 0 Å². The van der Waals surface area contributed by atoms with E-state index >= 15 is 0 Å². The van der Waals surface area contributed by atoms with Crippen molar-refractivity contribution in [2.75, 3.05) is 39.6 Å². The fourth-order valence-corrected chi connectivity index (χ4v) is 13.3. The molecule has 3 unspecified atom stereocenters. The second kappa shape index (κ2) is 67.5. The van der Waals surface area contributed by atoms with Gasteiger partial charge in [-0.05, 0) is 43.4 Å². The van der Waals surface area contributed by atoms with Crippen LogP contribution in [0.25, 0.3) is 0 Å². The van der Waals surface area contributed by atoms with E-state index in [0.717, 1.165) is 108 Å².